The van der Waals surface area contributed by atoms with Crippen molar-refractivity contribution in [3.63, 3.8) is 0 Å². The number of nitrogens with one attached hydrogen (secondary N) is 1. The van der Waals surface area contributed by atoms with Crippen molar-refractivity contribution in [3.05, 3.63) is 96.1 Å². The molecule has 0 saturated carbocycles. The number of carbonyl (C=O) groups excluding carboxylic acids is 1. The molecule has 0 aliphatic heterocycles. The Balaban J connectivity index is 1.57. The van der Waals surface area contributed by atoms with Gasteiger partial charge in [-0.05, 0) is 28.7 Å². The maximum Gasteiger partial charge on any atom is 0.413 e. The number of alkyl carbamates (subject to hydrolysis) is 1. The van der Waals surface area contributed by atoms with Crippen LogP contribution in [0.1, 0.15) is 18.1 Å². The first-order valence-electron chi connectivity index (χ1n) is 10.8. The van der Waals surface area contributed by atoms with E-state index in [1.165, 1.54) is 6.92 Å². The van der Waals surface area contributed by atoms with Gasteiger partial charge in [-0.3, -0.25) is 10.1 Å². The van der Waals surface area contributed by atoms with Gasteiger partial charge >= 0.3 is 25.3 Å². The van der Waals surface area contributed by atoms with Gasteiger partial charge in [0.1, 0.15) is 12.5 Å². The lowest BCUT2D eigenvalue weighted by Crippen LogP contribution is -2.44. The summed E-state index contributed by atoms with van der Waals surface area (Å²) in [6.45, 7) is 1.15. The molecule has 0 radical (unpaired) electrons. The molecule has 0 aromatic heterocycles. The van der Waals surface area contributed by atoms with Crippen LogP contribution < -0.4 is 5.32 Å². The molecule has 176 valence electrons. The van der Waals surface area contributed by atoms with Crippen LogP contribution in [0.4, 0.5) is 4.79 Å². The van der Waals surface area contributed by atoms with Crippen molar-refractivity contribution in [2.75, 3.05) is 6.16 Å². The second-order valence-electron chi connectivity index (χ2n) is 8.07. The van der Waals surface area contributed by atoms with Crippen LogP contribution in [-0.2, 0) is 27.1 Å². The van der Waals surface area contributed by atoms with Crippen molar-refractivity contribution < 1.29 is 29.1 Å². The third kappa shape index (κ3) is 7.24. The highest BCUT2D eigenvalue weighted by atomic mass is 31.1. The largest absolute Gasteiger partial charge is 0.481 e. The number of amides is 1. The standard InChI is InChI=1S/C26H26NO6P/c1-26(31,27-25(30)33-17-20-8-4-2-5-9-20)34(32)18-23(24(28)29)16-19-12-14-22(15-13-19)21-10-6-3-7-11-21/h2-15,23,31H,16-18H2,1H3,(H-,27,28,29,30)/p+1/t23?,26-/m1/s1. The van der Waals surface area contributed by atoms with Crippen LogP contribution in [0.15, 0.2) is 84.9 Å². The summed E-state index contributed by atoms with van der Waals surface area (Å²) in [5.41, 5.74) is 1.46. The Morgan fingerprint density at radius 2 is 1.47 bits per heavy atom. The molecule has 0 saturated heterocycles. The highest BCUT2D eigenvalue weighted by Crippen LogP contribution is 2.37. The number of hydrogen-bond acceptors (Lipinski definition) is 5. The van der Waals surface area contributed by atoms with E-state index in [0.717, 1.165) is 22.3 Å². The van der Waals surface area contributed by atoms with E-state index in [1.807, 2.05) is 60.7 Å². The van der Waals surface area contributed by atoms with Gasteiger partial charge in [-0.15, -0.1) is 0 Å². The highest BCUT2D eigenvalue weighted by Gasteiger charge is 2.47. The number of carboxylic acids is 1. The minimum Gasteiger partial charge on any atom is -0.481 e. The van der Waals surface area contributed by atoms with Crippen LogP contribution in [0.25, 0.3) is 11.1 Å². The van der Waals surface area contributed by atoms with Gasteiger partial charge in [0, 0.05) is 6.92 Å². The first-order chi connectivity index (χ1) is 16.2. The first kappa shape index (κ1) is 25.1. The maximum atomic E-state index is 12.8. The molecule has 34 heavy (non-hydrogen) atoms. The lowest BCUT2D eigenvalue weighted by molar-refractivity contribution is -0.140. The molecule has 0 aliphatic rings. The van der Waals surface area contributed by atoms with Gasteiger partial charge in [-0.25, -0.2) is 4.79 Å². The molecule has 2 unspecified atom stereocenters. The van der Waals surface area contributed by atoms with E-state index in [9.17, 15) is 24.4 Å². The first-order valence-corrected chi connectivity index (χ1v) is 12.2. The van der Waals surface area contributed by atoms with Crippen LogP contribution in [0.3, 0.4) is 0 Å². The van der Waals surface area contributed by atoms with Crippen LogP contribution >= 0.6 is 7.80 Å². The van der Waals surface area contributed by atoms with Crippen molar-refractivity contribution in [2.45, 2.75) is 25.4 Å². The van der Waals surface area contributed by atoms with Gasteiger partial charge in [0.2, 0.25) is 0 Å². The number of carboxylic acid groups (broad SMARTS) is 1. The zero-order valence-electron chi connectivity index (χ0n) is 18.8. The molecule has 0 fully saturated rings. The van der Waals surface area contributed by atoms with Gasteiger partial charge in [-0.1, -0.05) is 89.5 Å². The second kappa shape index (κ2) is 11.5. The summed E-state index contributed by atoms with van der Waals surface area (Å²) in [4.78, 5) is 23.9. The lowest BCUT2D eigenvalue weighted by Gasteiger charge is -2.16. The molecule has 7 nitrogen and oxygen atoms in total. The minimum atomic E-state index is -2.52. The highest BCUT2D eigenvalue weighted by molar-refractivity contribution is 7.46. The van der Waals surface area contributed by atoms with Crippen LogP contribution in [0.5, 0.6) is 0 Å². The fourth-order valence-corrected chi connectivity index (χ4v) is 4.63. The summed E-state index contributed by atoms with van der Waals surface area (Å²) in [7, 11) is -2.52. The van der Waals surface area contributed by atoms with Crippen molar-refractivity contribution in [1.29, 1.82) is 0 Å². The van der Waals surface area contributed by atoms with Gasteiger partial charge in [0.05, 0.1) is 0 Å². The molecule has 8 heteroatoms. The number of carbonyl (C=O) groups is 2. The van der Waals surface area contributed by atoms with Crippen molar-refractivity contribution in [3.8, 4) is 11.1 Å². The van der Waals surface area contributed by atoms with Crippen molar-refractivity contribution in [2.24, 2.45) is 5.92 Å². The number of hydrogen-bond donors (Lipinski definition) is 3. The number of aliphatic carboxylic acids is 1. The monoisotopic (exact) mass is 480 g/mol. The smallest absolute Gasteiger partial charge is 0.413 e. The summed E-state index contributed by atoms with van der Waals surface area (Å²) in [5.74, 6) is -2.13. The van der Waals surface area contributed by atoms with E-state index in [4.69, 9.17) is 4.74 Å². The van der Waals surface area contributed by atoms with E-state index >= 15 is 0 Å². The molecule has 3 aromatic carbocycles. The van der Waals surface area contributed by atoms with Gasteiger partial charge in [-0.2, -0.15) is 0 Å². The molecule has 3 aromatic rings. The minimum absolute atomic E-state index is 0.0176. The SMILES string of the molecule is C[C@](O)(NC(=O)OCc1ccccc1)[P+](=O)CC(Cc1ccc(-c2ccccc2)cc1)C(=O)O. The molecule has 0 heterocycles. The van der Waals surface area contributed by atoms with E-state index < -0.39 is 31.2 Å². The van der Waals surface area contributed by atoms with Gasteiger partial charge in [0.25, 0.3) is 0 Å². The van der Waals surface area contributed by atoms with Gasteiger partial charge in [0.15, 0.2) is 6.16 Å². The predicted molar refractivity (Wildman–Crippen MR) is 130 cm³/mol. The third-order valence-corrected chi connectivity index (χ3v) is 7.17. The van der Waals surface area contributed by atoms with E-state index in [2.05, 4.69) is 5.32 Å². The predicted octanol–water partition coefficient (Wildman–Crippen LogP) is 5.02. The molecule has 3 N–H and O–H groups in total. The fourth-order valence-electron chi connectivity index (χ4n) is 3.37. The zero-order valence-corrected chi connectivity index (χ0v) is 19.7. The molecule has 0 bridgehead atoms. The van der Waals surface area contributed by atoms with E-state index in [-0.39, 0.29) is 19.2 Å². The molecule has 3 atom stereocenters. The number of aliphatic hydroxyl groups is 1. The van der Waals surface area contributed by atoms with E-state index in [1.54, 1.807) is 24.3 Å². The Labute approximate surface area is 199 Å². The van der Waals surface area contributed by atoms with Gasteiger partial charge < -0.3 is 14.9 Å². The molecule has 0 spiro atoms. The summed E-state index contributed by atoms with van der Waals surface area (Å²) in [5, 5.41) is 22.4. The average molecular weight is 480 g/mol. The topological polar surface area (TPSA) is 113 Å². The summed E-state index contributed by atoms with van der Waals surface area (Å²) >= 11 is 0. The van der Waals surface area contributed by atoms with Crippen LogP contribution in [0, 0.1) is 5.92 Å². The van der Waals surface area contributed by atoms with Crippen LogP contribution in [-0.4, -0.2) is 33.9 Å². The normalized spacial score (nSPS) is 13.9. The zero-order chi connectivity index (χ0) is 24.6. The number of rotatable bonds is 10. The Kier molecular flexibility index (Phi) is 8.52. The second-order valence-corrected chi connectivity index (χ2v) is 10.1. The Morgan fingerprint density at radius 1 is 0.912 bits per heavy atom. The molecule has 0 aliphatic carbocycles. The number of benzene rings is 3. The summed E-state index contributed by atoms with van der Waals surface area (Å²) < 4.78 is 17.8. The molecular weight excluding hydrogens is 453 g/mol. The lowest BCUT2D eigenvalue weighted by atomic mass is 9.98. The fraction of sp³-hybridized carbons (Fsp3) is 0.231. The maximum absolute atomic E-state index is 12.8. The molecular formula is C26H27NO6P+. The van der Waals surface area contributed by atoms with Crippen LogP contribution in [0.2, 0.25) is 0 Å². The molecule has 3 rings (SSSR count). The summed E-state index contributed by atoms with van der Waals surface area (Å²) in [6.07, 6.45) is -1.11. The average Bonchev–Trinajstić information content (AvgIpc) is 2.83. The molecule has 1 amide bonds. The Bertz CT molecular complexity index is 1120. The van der Waals surface area contributed by atoms with Crippen molar-refractivity contribution in [1.82, 2.24) is 5.32 Å². The Hall–Kier alpha value is -3.54. The third-order valence-electron chi connectivity index (χ3n) is 5.32. The van der Waals surface area contributed by atoms with Crippen molar-refractivity contribution >= 4 is 19.9 Å². The van der Waals surface area contributed by atoms with E-state index in [0.29, 0.717) is 0 Å². The quantitative estimate of drug-likeness (QED) is 0.278. The summed E-state index contributed by atoms with van der Waals surface area (Å²) in [6, 6.07) is 26.2. The Morgan fingerprint density at radius 3 is 2.06 bits per heavy atom. The number of ether oxygens (including phenoxy) is 1.